The van der Waals surface area contributed by atoms with Gasteiger partial charge in [0.25, 0.3) is 5.92 Å². The van der Waals surface area contributed by atoms with Gasteiger partial charge in [-0.1, -0.05) is 0 Å². The number of amides is 1. The van der Waals surface area contributed by atoms with Crippen LogP contribution in [0.25, 0.3) is 11.1 Å². The first-order chi connectivity index (χ1) is 22.9. The van der Waals surface area contributed by atoms with Gasteiger partial charge < -0.3 is 14.4 Å². The minimum Gasteiger partial charge on any atom is -0.481 e. The number of anilines is 1. The number of nitrogens with one attached hydrogen (secondary N) is 2. The molecule has 3 fully saturated rings. The first-order valence-corrected chi connectivity index (χ1v) is 15.2. The van der Waals surface area contributed by atoms with Crippen molar-refractivity contribution in [2.45, 2.75) is 75.7 Å². The summed E-state index contributed by atoms with van der Waals surface area (Å²) in [5, 5.41) is 0. The Hall–Kier alpha value is -4.32. The van der Waals surface area contributed by atoms with Crippen LogP contribution in [0, 0.1) is 0 Å². The molecule has 0 saturated carbocycles. The van der Waals surface area contributed by atoms with E-state index in [4.69, 9.17) is 9.47 Å². The van der Waals surface area contributed by atoms with Gasteiger partial charge in [-0.2, -0.15) is 26.3 Å². The Bertz CT molecular complexity index is 1700. The van der Waals surface area contributed by atoms with Gasteiger partial charge in [0.2, 0.25) is 11.8 Å². The maximum absolute atomic E-state index is 13.8. The Labute approximate surface area is 274 Å². The second-order valence-electron chi connectivity index (χ2n) is 12.5. The number of ether oxygens (including phenoxy) is 2. The summed E-state index contributed by atoms with van der Waals surface area (Å²) in [6.07, 6.45) is -9.73. The highest BCUT2D eigenvalue weighted by Crippen LogP contribution is 2.42. The van der Waals surface area contributed by atoms with Gasteiger partial charge in [-0.3, -0.25) is 15.8 Å². The lowest BCUT2D eigenvalue weighted by Gasteiger charge is -2.38. The van der Waals surface area contributed by atoms with E-state index < -0.39 is 66.3 Å². The summed E-state index contributed by atoms with van der Waals surface area (Å²) in [7, 11) is 1.39. The van der Waals surface area contributed by atoms with Crippen molar-refractivity contribution in [3.05, 3.63) is 64.6 Å². The van der Waals surface area contributed by atoms with Crippen molar-refractivity contribution in [1.29, 1.82) is 0 Å². The molecule has 2 unspecified atom stereocenters. The van der Waals surface area contributed by atoms with Gasteiger partial charge in [0.15, 0.2) is 0 Å². The molecule has 5 heterocycles. The summed E-state index contributed by atoms with van der Waals surface area (Å²) in [6.45, 7) is 3.71. The second-order valence-corrected chi connectivity index (χ2v) is 12.5. The molecule has 10 nitrogen and oxygen atoms in total. The van der Waals surface area contributed by atoms with Gasteiger partial charge in [-0.25, -0.2) is 28.5 Å². The molecule has 0 aliphatic carbocycles. The Morgan fingerprint density at radius 3 is 2.06 bits per heavy atom. The maximum Gasteiger partial charge on any atom is 0.416 e. The zero-order valence-corrected chi connectivity index (χ0v) is 26.5. The largest absolute Gasteiger partial charge is 0.481 e. The number of carbonyl (C=O) groups is 1. The van der Waals surface area contributed by atoms with Gasteiger partial charge in [0, 0.05) is 41.5 Å². The van der Waals surface area contributed by atoms with Crippen molar-refractivity contribution >= 4 is 12.0 Å². The molecule has 2 aromatic heterocycles. The summed E-state index contributed by atoms with van der Waals surface area (Å²) >= 11 is 0. The number of cyclic esters (lactones) is 1. The van der Waals surface area contributed by atoms with Gasteiger partial charge >= 0.3 is 18.4 Å². The Balaban J connectivity index is 1.40. The third-order valence-corrected chi connectivity index (χ3v) is 8.99. The molecular formula is C31H31F8N7O3. The SMILES string of the molecule is COc1ncc(C2C(C)NNC2C)cc1-c1cnc(N2CC(F)(F)C2)nc1CN1C(=O)O[C@H](c2cc(C(F)(F)F)cc(C(F)(F)F)c2)[C@@H]1C. The average Bonchev–Trinajstić information content (AvgIpc) is 3.50. The standard InChI is InChI=1S/C31H31F8N7O3/c1-14-24(15(2)44-43-14)18-7-21(26(48-4)40-9-18)22-10-41-27(45-12-29(32,33)13-45)42-23(22)11-46-16(3)25(49-28(46)47)17-5-19(30(34,35)36)8-20(6-17)31(37,38)39/h5-10,14-16,24-25,43-44H,11-13H2,1-4H3/t14?,15?,16-,24?,25-/m0/s1. The molecule has 3 aliphatic heterocycles. The number of carbonyl (C=O) groups excluding carboxylic acids is 1. The lowest BCUT2D eigenvalue weighted by molar-refractivity contribution is -0.143. The van der Waals surface area contributed by atoms with E-state index in [0.29, 0.717) is 23.3 Å². The lowest BCUT2D eigenvalue weighted by atomic mass is 9.88. The van der Waals surface area contributed by atoms with Crippen molar-refractivity contribution in [3.63, 3.8) is 0 Å². The summed E-state index contributed by atoms with van der Waals surface area (Å²) in [4.78, 5) is 28.8. The zero-order valence-electron chi connectivity index (χ0n) is 26.5. The van der Waals surface area contributed by atoms with Crippen LogP contribution in [0.3, 0.4) is 0 Å². The molecule has 3 aliphatic rings. The third-order valence-electron chi connectivity index (χ3n) is 8.99. The topological polar surface area (TPSA) is 105 Å². The summed E-state index contributed by atoms with van der Waals surface area (Å²) in [6, 6.07) is 1.77. The predicted molar refractivity (Wildman–Crippen MR) is 158 cm³/mol. The average molecular weight is 702 g/mol. The van der Waals surface area contributed by atoms with E-state index in [1.165, 1.54) is 25.1 Å². The number of benzene rings is 1. The number of nitrogens with zero attached hydrogens (tertiary/aromatic N) is 5. The van der Waals surface area contributed by atoms with E-state index >= 15 is 0 Å². The van der Waals surface area contributed by atoms with E-state index in [-0.39, 0.29) is 48.1 Å². The van der Waals surface area contributed by atoms with Gasteiger partial charge in [-0.15, -0.1) is 0 Å². The number of halogens is 8. The van der Waals surface area contributed by atoms with E-state index in [1.54, 1.807) is 6.20 Å². The monoisotopic (exact) mass is 701 g/mol. The summed E-state index contributed by atoms with van der Waals surface area (Å²) in [5.74, 6) is -2.90. The van der Waals surface area contributed by atoms with E-state index in [1.807, 2.05) is 19.9 Å². The molecule has 0 bridgehead atoms. The Morgan fingerprint density at radius 1 is 0.898 bits per heavy atom. The molecule has 4 atom stereocenters. The number of alkyl halides is 8. The number of methoxy groups -OCH3 is 1. The van der Waals surface area contributed by atoms with Gasteiger partial charge in [0.1, 0.15) is 6.10 Å². The third kappa shape index (κ3) is 6.67. The van der Waals surface area contributed by atoms with Crippen molar-refractivity contribution in [2.24, 2.45) is 0 Å². The fraction of sp³-hybridized carbons (Fsp3) is 0.484. The highest BCUT2D eigenvalue weighted by molar-refractivity contribution is 5.74. The van der Waals surface area contributed by atoms with Crippen molar-refractivity contribution in [2.75, 3.05) is 25.1 Å². The van der Waals surface area contributed by atoms with Crippen molar-refractivity contribution in [1.82, 2.24) is 30.7 Å². The number of rotatable bonds is 7. The van der Waals surface area contributed by atoms with Crippen LogP contribution in [0.2, 0.25) is 0 Å². The van der Waals surface area contributed by atoms with Crippen LogP contribution in [0.5, 0.6) is 5.88 Å². The molecule has 3 saturated heterocycles. The Kier molecular flexibility index (Phi) is 8.62. The highest BCUT2D eigenvalue weighted by Gasteiger charge is 2.46. The highest BCUT2D eigenvalue weighted by atomic mass is 19.4. The molecule has 1 aromatic carbocycles. The first kappa shape index (κ1) is 34.5. The molecule has 1 amide bonds. The molecule has 0 spiro atoms. The van der Waals surface area contributed by atoms with Crippen LogP contribution < -0.4 is 20.5 Å². The minimum absolute atomic E-state index is 0.00849. The number of hydrogen-bond acceptors (Lipinski definition) is 9. The molecular weight excluding hydrogens is 670 g/mol. The first-order valence-electron chi connectivity index (χ1n) is 15.2. The summed E-state index contributed by atoms with van der Waals surface area (Å²) in [5.41, 5.74) is 4.40. The molecule has 3 aromatic rings. The van der Waals surface area contributed by atoms with Gasteiger partial charge in [-0.05, 0) is 56.2 Å². The predicted octanol–water partition coefficient (Wildman–Crippen LogP) is 6.09. The van der Waals surface area contributed by atoms with Crippen LogP contribution in [0.4, 0.5) is 45.9 Å². The second kappa shape index (κ2) is 12.2. The Morgan fingerprint density at radius 2 is 1.51 bits per heavy atom. The minimum atomic E-state index is -5.11. The lowest BCUT2D eigenvalue weighted by Crippen LogP contribution is -2.57. The quantitative estimate of drug-likeness (QED) is 0.284. The number of hydrazine groups is 1. The van der Waals surface area contributed by atoms with Crippen LogP contribution >= 0.6 is 0 Å². The van der Waals surface area contributed by atoms with E-state index in [0.717, 1.165) is 10.5 Å². The fourth-order valence-corrected chi connectivity index (χ4v) is 6.48. The van der Waals surface area contributed by atoms with Gasteiger partial charge in [0.05, 0.1) is 49.6 Å². The van der Waals surface area contributed by atoms with Crippen molar-refractivity contribution in [3.8, 4) is 17.0 Å². The van der Waals surface area contributed by atoms with Crippen LogP contribution in [-0.2, 0) is 23.6 Å². The van der Waals surface area contributed by atoms with Crippen molar-refractivity contribution < 1.29 is 49.4 Å². The van der Waals surface area contributed by atoms with E-state index in [9.17, 15) is 39.9 Å². The van der Waals surface area contributed by atoms with Crippen LogP contribution in [0.15, 0.2) is 36.7 Å². The van der Waals surface area contributed by atoms with Crippen LogP contribution in [-0.4, -0.2) is 70.2 Å². The molecule has 49 heavy (non-hydrogen) atoms. The van der Waals surface area contributed by atoms with E-state index in [2.05, 4.69) is 25.8 Å². The maximum atomic E-state index is 13.8. The molecule has 0 radical (unpaired) electrons. The summed E-state index contributed by atoms with van der Waals surface area (Å²) < 4.78 is 120. The fourth-order valence-electron chi connectivity index (χ4n) is 6.48. The number of aromatic nitrogens is 3. The number of pyridine rings is 1. The molecule has 6 rings (SSSR count). The molecule has 18 heteroatoms. The normalized spacial score (nSPS) is 25.4. The number of hydrogen-bond donors (Lipinski definition) is 2. The molecule has 264 valence electrons. The zero-order chi connectivity index (χ0) is 35.6. The smallest absolute Gasteiger partial charge is 0.416 e. The van der Waals surface area contributed by atoms with Crippen LogP contribution in [0.1, 0.15) is 60.7 Å². The molecule has 2 N–H and O–H groups in total.